The summed E-state index contributed by atoms with van der Waals surface area (Å²) in [6, 6.07) is 5.86. The third-order valence-electron chi connectivity index (χ3n) is 6.06. The zero-order chi connectivity index (χ0) is 25.5. The van der Waals surface area contributed by atoms with Gasteiger partial charge in [0, 0.05) is 23.6 Å². The minimum Gasteiger partial charge on any atom is -0.347 e. The van der Waals surface area contributed by atoms with E-state index in [-0.39, 0.29) is 28.4 Å². The molecule has 1 aliphatic carbocycles. The highest BCUT2D eigenvalue weighted by atomic mass is 32.2. The highest BCUT2D eigenvalue weighted by Crippen LogP contribution is 2.43. The minimum atomic E-state index is -4.69. The van der Waals surface area contributed by atoms with Crippen molar-refractivity contribution < 1.29 is 35.6 Å². The summed E-state index contributed by atoms with van der Waals surface area (Å²) in [6.07, 6.45) is 0.877. The second-order valence-corrected chi connectivity index (χ2v) is 10.7. The normalized spacial score (nSPS) is 19.0. The van der Waals surface area contributed by atoms with Crippen molar-refractivity contribution in [3.63, 3.8) is 0 Å². The predicted octanol–water partition coefficient (Wildman–Crippen LogP) is 4.24. The van der Waals surface area contributed by atoms with Crippen LogP contribution in [0, 0.1) is 11.7 Å². The molecule has 2 aromatic rings. The molecule has 0 bridgehead atoms. The molecule has 186 valence electrons. The topological polar surface area (TPSA) is 83.6 Å². The Morgan fingerprint density at radius 3 is 2.43 bits per heavy atom. The molecule has 0 aromatic heterocycles. The first kappa shape index (κ1) is 24.9. The molecular formula is C24H22F4N2O4S. The summed E-state index contributed by atoms with van der Waals surface area (Å²) in [5.74, 6) is -2.37. The van der Waals surface area contributed by atoms with Gasteiger partial charge in [0.05, 0.1) is 16.5 Å². The molecule has 2 aliphatic rings. The van der Waals surface area contributed by atoms with Gasteiger partial charge in [-0.05, 0) is 55.5 Å². The number of carbonyl (C=O) groups is 2. The lowest BCUT2D eigenvalue weighted by molar-refractivity contribution is -0.137. The molecular weight excluding hydrogens is 488 g/mol. The summed E-state index contributed by atoms with van der Waals surface area (Å²) < 4.78 is 77.1. The first-order chi connectivity index (χ1) is 16.4. The van der Waals surface area contributed by atoms with Gasteiger partial charge in [0.25, 0.3) is 5.91 Å². The molecule has 1 saturated carbocycles. The van der Waals surface area contributed by atoms with Crippen molar-refractivity contribution in [2.24, 2.45) is 5.92 Å². The van der Waals surface area contributed by atoms with Crippen LogP contribution in [0.5, 0.6) is 0 Å². The fraction of sp³-hybridized carbons (Fsp3) is 0.333. The van der Waals surface area contributed by atoms with Gasteiger partial charge in [-0.3, -0.25) is 9.59 Å². The van der Waals surface area contributed by atoms with Crippen molar-refractivity contribution in [3.8, 4) is 0 Å². The Kier molecular flexibility index (Phi) is 6.48. The smallest absolute Gasteiger partial charge is 0.347 e. The van der Waals surface area contributed by atoms with Crippen LogP contribution in [0.2, 0.25) is 0 Å². The molecule has 0 spiro atoms. The quantitative estimate of drug-likeness (QED) is 0.590. The Labute approximate surface area is 199 Å². The maximum Gasteiger partial charge on any atom is 0.416 e. The fourth-order valence-corrected chi connectivity index (χ4v) is 4.72. The molecule has 2 atom stereocenters. The van der Waals surface area contributed by atoms with Crippen molar-refractivity contribution in [2.45, 2.75) is 42.4 Å². The van der Waals surface area contributed by atoms with E-state index in [0.29, 0.717) is 18.9 Å². The van der Waals surface area contributed by atoms with Gasteiger partial charge < -0.3 is 10.2 Å². The Bertz CT molecular complexity index is 1300. The second-order valence-electron chi connectivity index (χ2n) is 8.71. The van der Waals surface area contributed by atoms with Crippen molar-refractivity contribution in [1.82, 2.24) is 10.2 Å². The number of hydrogen-bond donors (Lipinski definition) is 1. The van der Waals surface area contributed by atoms with Gasteiger partial charge in [-0.2, -0.15) is 13.2 Å². The van der Waals surface area contributed by atoms with E-state index in [1.807, 2.05) is 0 Å². The molecule has 2 amide bonds. The summed E-state index contributed by atoms with van der Waals surface area (Å²) in [7, 11) is -3.55. The second kappa shape index (κ2) is 9.10. The summed E-state index contributed by atoms with van der Waals surface area (Å²) in [5, 5.41) is 2.72. The van der Waals surface area contributed by atoms with Crippen LogP contribution in [0.25, 0.3) is 0 Å². The SMILES string of the molecule is CS(=O)(=O)c1cccc(C(=O)N2C=CC[C@@H]2C(=O)NC(c2ccc(C(F)(F)F)cc2F)C2CC2)c1. The molecule has 1 aliphatic heterocycles. The molecule has 0 saturated heterocycles. The summed E-state index contributed by atoms with van der Waals surface area (Å²) in [6.45, 7) is 0. The van der Waals surface area contributed by atoms with Crippen LogP contribution >= 0.6 is 0 Å². The lowest BCUT2D eigenvalue weighted by Crippen LogP contribution is -2.46. The van der Waals surface area contributed by atoms with Crippen LogP contribution in [0.3, 0.4) is 0 Å². The van der Waals surface area contributed by atoms with E-state index in [0.717, 1.165) is 18.4 Å². The molecule has 4 rings (SSSR count). The molecule has 11 heteroatoms. The van der Waals surface area contributed by atoms with Gasteiger partial charge >= 0.3 is 6.18 Å². The first-order valence-corrected chi connectivity index (χ1v) is 12.7. The van der Waals surface area contributed by atoms with Gasteiger partial charge in [0.1, 0.15) is 11.9 Å². The summed E-state index contributed by atoms with van der Waals surface area (Å²) >= 11 is 0. The van der Waals surface area contributed by atoms with E-state index in [1.165, 1.54) is 35.4 Å². The highest BCUT2D eigenvalue weighted by molar-refractivity contribution is 7.90. The Balaban J connectivity index is 1.54. The Hall–Kier alpha value is -3.21. The van der Waals surface area contributed by atoms with E-state index in [9.17, 15) is 35.6 Å². The van der Waals surface area contributed by atoms with E-state index < -0.39 is 51.3 Å². The molecule has 2 aromatic carbocycles. The molecule has 1 unspecified atom stereocenters. The van der Waals surface area contributed by atoms with E-state index in [2.05, 4.69) is 5.32 Å². The molecule has 6 nitrogen and oxygen atoms in total. The van der Waals surface area contributed by atoms with Crippen LogP contribution in [0.1, 0.15) is 46.8 Å². The Morgan fingerprint density at radius 2 is 1.83 bits per heavy atom. The van der Waals surface area contributed by atoms with Gasteiger partial charge in [0.15, 0.2) is 9.84 Å². The number of carbonyl (C=O) groups excluding carboxylic acids is 2. The van der Waals surface area contributed by atoms with Gasteiger partial charge in [-0.1, -0.05) is 18.2 Å². The number of halogens is 4. The van der Waals surface area contributed by atoms with Crippen LogP contribution < -0.4 is 5.32 Å². The number of alkyl halides is 3. The molecule has 1 fully saturated rings. The van der Waals surface area contributed by atoms with E-state index in [1.54, 1.807) is 6.08 Å². The van der Waals surface area contributed by atoms with Crippen LogP contribution in [0.15, 0.2) is 59.6 Å². The molecule has 0 radical (unpaired) electrons. The zero-order valence-corrected chi connectivity index (χ0v) is 19.4. The maximum absolute atomic E-state index is 14.6. The number of rotatable bonds is 6. The maximum atomic E-state index is 14.6. The van der Waals surface area contributed by atoms with Crippen LogP contribution in [0.4, 0.5) is 17.6 Å². The average Bonchev–Trinajstić information content (AvgIpc) is 3.51. The first-order valence-electron chi connectivity index (χ1n) is 10.8. The molecule has 35 heavy (non-hydrogen) atoms. The van der Waals surface area contributed by atoms with Crippen molar-refractivity contribution in [1.29, 1.82) is 0 Å². The third-order valence-corrected chi connectivity index (χ3v) is 7.17. The van der Waals surface area contributed by atoms with E-state index in [4.69, 9.17) is 0 Å². The molecule has 1 N–H and O–H groups in total. The number of nitrogens with zero attached hydrogens (tertiary/aromatic N) is 1. The lowest BCUT2D eigenvalue weighted by atomic mass is 9.99. The molecule has 1 heterocycles. The van der Waals surface area contributed by atoms with Crippen molar-refractivity contribution in [2.75, 3.05) is 6.26 Å². The minimum absolute atomic E-state index is 0.0425. The lowest BCUT2D eigenvalue weighted by Gasteiger charge is -2.27. The fourth-order valence-electron chi connectivity index (χ4n) is 4.06. The number of benzene rings is 2. The summed E-state index contributed by atoms with van der Waals surface area (Å²) in [4.78, 5) is 27.3. The standard InChI is InChI=1S/C24H22F4N2O4S/c1-35(33,34)17-5-2-4-15(12-17)23(32)30-11-3-6-20(30)22(31)29-21(14-7-8-14)18-10-9-16(13-19(18)25)24(26,27)28/h2-5,9-14,20-21H,6-8H2,1H3,(H,29,31)/t20-,21?/m1/s1. The Morgan fingerprint density at radius 1 is 1.11 bits per heavy atom. The van der Waals surface area contributed by atoms with E-state index >= 15 is 0 Å². The van der Waals surface area contributed by atoms with Crippen molar-refractivity contribution in [3.05, 3.63) is 77.2 Å². The number of amides is 2. The average molecular weight is 511 g/mol. The third kappa shape index (κ3) is 5.39. The number of nitrogens with one attached hydrogen (secondary N) is 1. The monoisotopic (exact) mass is 510 g/mol. The van der Waals surface area contributed by atoms with Crippen LogP contribution in [-0.4, -0.2) is 37.4 Å². The highest BCUT2D eigenvalue weighted by Gasteiger charge is 2.39. The van der Waals surface area contributed by atoms with Gasteiger partial charge in [-0.15, -0.1) is 0 Å². The summed E-state index contributed by atoms with van der Waals surface area (Å²) in [5.41, 5.74) is -1.09. The van der Waals surface area contributed by atoms with Crippen LogP contribution in [-0.2, 0) is 20.8 Å². The zero-order valence-electron chi connectivity index (χ0n) is 18.5. The van der Waals surface area contributed by atoms with Gasteiger partial charge in [-0.25, -0.2) is 12.8 Å². The number of sulfone groups is 1. The predicted molar refractivity (Wildman–Crippen MR) is 118 cm³/mol. The largest absolute Gasteiger partial charge is 0.416 e. The number of hydrogen-bond acceptors (Lipinski definition) is 4. The van der Waals surface area contributed by atoms with Crippen molar-refractivity contribution >= 4 is 21.7 Å². The van der Waals surface area contributed by atoms with Gasteiger partial charge in [0.2, 0.25) is 5.91 Å².